The minimum absolute atomic E-state index is 0.0202. The van der Waals surface area contributed by atoms with Crippen molar-refractivity contribution < 1.29 is 4.79 Å². The molecule has 4 nitrogen and oxygen atoms in total. The predicted octanol–water partition coefficient (Wildman–Crippen LogP) is 2.01. The molecule has 1 rings (SSSR count). The molecule has 4 heteroatoms. The largest absolute Gasteiger partial charge is 0.399 e. The van der Waals surface area contributed by atoms with Crippen molar-refractivity contribution in [3.63, 3.8) is 0 Å². The molecular weight excluding hydrogens is 226 g/mol. The first-order chi connectivity index (χ1) is 8.34. The fourth-order valence-corrected chi connectivity index (χ4v) is 1.57. The Morgan fingerprint density at radius 3 is 2.67 bits per heavy atom. The van der Waals surface area contributed by atoms with E-state index < -0.39 is 0 Å². The van der Waals surface area contributed by atoms with Crippen molar-refractivity contribution in [1.29, 1.82) is 0 Å². The van der Waals surface area contributed by atoms with Gasteiger partial charge in [-0.1, -0.05) is 13.0 Å². The molecule has 0 aliphatic carbocycles. The number of hydrogen-bond donors (Lipinski definition) is 2. The first kappa shape index (κ1) is 14.4. The van der Waals surface area contributed by atoms with Crippen LogP contribution in [0.4, 0.5) is 11.4 Å². The average molecular weight is 249 g/mol. The van der Waals surface area contributed by atoms with Crippen molar-refractivity contribution in [2.45, 2.75) is 32.7 Å². The molecule has 0 bridgehead atoms. The highest BCUT2D eigenvalue weighted by molar-refractivity contribution is 5.82. The average Bonchev–Trinajstić information content (AvgIpc) is 2.28. The molecule has 0 atom stereocenters. The van der Waals surface area contributed by atoms with Gasteiger partial charge in [-0.15, -0.1) is 0 Å². The molecule has 100 valence electrons. The smallest absolute Gasteiger partial charge is 0.239 e. The third-order valence-corrected chi connectivity index (χ3v) is 3.05. The van der Waals surface area contributed by atoms with Gasteiger partial charge in [0.05, 0.1) is 6.54 Å². The molecule has 1 amide bonds. The van der Waals surface area contributed by atoms with Crippen LogP contribution in [0, 0.1) is 0 Å². The van der Waals surface area contributed by atoms with Crippen LogP contribution in [0.15, 0.2) is 24.3 Å². The zero-order valence-electron chi connectivity index (χ0n) is 11.7. The number of nitrogens with zero attached hydrogens (tertiary/aromatic N) is 1. The fourth-order valence-electron chi connectivity index (χ4n) is 1.57. The van der Waals surface area contributed by atoms with Gasteiger partial charge in [0.25, 0.3) is 0 Å². The summed E-state index contributed by atoms with van der Waals surface area (Å²) in [5.74, 6) is 0.0202. The lowest BCUT2D eigenvalue weighted by Crippen LogP contribution is -2.46. The molecule has 3 N–H and O–H groups in total. The van der Waals surface area contributed by atoms with E-state index in [-0.39, 0.29) is 11.4 Å². The van der Waals surface area contributed by atoms with Gasteiger partial charge < -0.3 is 16.0 Å². The van der Waals surface area contributed by atoms with E-state index in [4.69, 9.17) is 5.73 Å². The third-order valence-electron chi connectivity index (χ3n) is 3.05. The van der Waals surface area contributed by atoms with Crippen molar-refractivity contribution in [2.75, 3.05) is 24.2 Å². The third kappa shape index (κ3) is 4.28. The van der Waals surface area contributed by atoms with Crippen molar-refractivity contribution in [2.24, 2.45) is 0 Å². The molecule has 18 heavy (non-hydrogen) atoms. The van der Waals surface area contributed by atoms with E-state index in [9.17, 15) is 4.79 Å². The molecule has 0 saturated heterocycles. The number of nitrogens with two attached hydrogens (primary N) is 1. The van der Waals surface area contributed by atoms with E-state index in [0.717, 1.165) is 12.1 Å². The maximum Gasteiger partial charge on any atom is 0.239 e. The molecule has 1 aromatic carbocycles. The van der Waals surface area contributed by atoms with E-state index in [0.29, 0.717) is 12.2 Å². The summed E-state index contributed by atoms with van der Waals surface area (Å²) < 4.78 is 0. The van der Waals surface area contributed by atoms with Gasteiger partial charge in [0.1, 0.15) is 0 Å². The second kappa shape index (κ2) is 5.76. The normalized spacial score (nSPS) is 11.1. The van der Waals surface area contributed by atoms with Crippen LogP contribution in [-0.2, 0) is 4.79 Å². The number of carbonyl (C=O) groups excluding carboxylic acids is 1. The topological polar surface area (TPSA) is 58.4 Å². The highest BCUT2D eigenvalue weighted by Crippen LogP contribution is 2.15. The number of amides is 1. The Kier molecular flexibility index (Phi) is 4.59. The van der Waals surface area contributed by atoms with E-state index in [1.165, 1.54) is 0 Å². The van der Waals surface area contributed by atoms with Gasteiger partial charge in [0.15, 0.2) is 0 Å². The molecule has 0 heterocycles. The van der Waals surface area contributed by atoms with Crippen LogP contribution in [0.25, 0.3) is 0 Å². The van der Waals surface area contributed by atoms with Crippen LogP contribution in [0.5, 0.6) is 0 Å². The lowest BCUT2D eigenvalue weighted by atomic mass is 10.0. The van der Waals surface area contributed by atoms with Crippen molar-refractivity contribution >= 4 is 17.3 Å². The first-order valence-electron chi connectivity index (χ1n) is 6.22. The van der Waals surface area contributed by atoms with Crippen LogP contribution in [0.3, 0.4) is 0 Å². The molecule has 0 saturated carbocycles. The number of carbonyl (C=O) groups is 1. The Labute approximate surface area is 109 Å². The highest BCUT2D eigenvalue weighted by Gasteiger charge is 2.18. The van der Waals surface area contributed by atoms with Gasteiger partial charge in [-0.25, -0.2) is 0 Å². The molecule has 0 radical (unpaired) electrons. The number of hydrogen-bond acceptors (Lipinski definition) is 3. The van der Waals surface area contributed by atoms with E-state index in [2.05, 4.69) is 12.2 Å². The Morgan fingerprint density at radius 1 is 1.44 bits per heavy atom. The Hall–Kier alpha value is -1.71. The summed E-state index contributed by atoms with van der Waals surface area (Å²) in [6.45, 7) is 6.42. The number of benzene rings is 1. The SMILES string of the molecule is CCC(C)(C)NC(=O)CN(C)c1cccc(N)c1. The number of nitrogen functional groups attached to an aromatic ring is 1. The minimum atomic E-state index is -0.159. The number of rotatable bonds is 5. The standard InChI is InChI=1S/C14H23N3O/c1-5-14(2,3)16-13(18)10-17(4)12-8-6-7-11(15)9-12/h6-9H,5,10,15H2,1-4H3,(H,16,18). The number of anilines is 2. The van der Waals surface area contributed by atoms with Crippen LogP contribution >= 0.6 is 0 Å². The predicted molar refractivity (Wildman–Crippen MR) is 76.6 cm³/mol. The van der Waals surface area contributed by atoms with Gasteiger partial charge in [-0.05, 0) is 38.5 Å². The summed E-state index contributed by atoms with van der Waals surface area (Å²) in [5.41, 5.74) is 7.21. The maximum absolute atomic E-state index is 11.9. The van der Waals surface area contributed by atoms with Crippen LogP contribution in [0.1, 0.15) is 27.2 Å². The fraction of sp³-hybridized carbons (Fsp3) is 0.500. The molecule has 0 aliphatic rings. The maximum atomic E-state index is 11.9. The minimum Gasteiger partial charge on any atom is -0.399 e. The second-order valence-electron chi connectivity index (χ2n) is 5.24. The van der Waals surface area contributed by atoms with E-state index in [1.54, 1.807) is 0 Å². The summed E-state index contributed by atoms with van der Waals surface area (Å²) >= 11 is 0. The van der Waals surface area contributed by atoms with Gasteiger partial charge in [0, 0.05) is 24.0 Å². The van der Waals surface area contributed by atoms with Gasteiger partial charge in [-0.3, -0.25) is 4.79 Å². The Balaban J connectivity index is 2.60. The summed E-state index contributed by atoms with van der Waals surface area (Å²) in [7, 11) is 1.88. The van der Waals surface area contributed by atoms with Crippen molar-refractivity contribution in [3.8, 4) is 0 Å². The van der Waals surface area contributed by atoms with Crippen LogP contribution in [0.2, 0.25) is 0 Å². The van der Waals surface area contributed by atoms with Crippen molar-refractivity contribution in [3.05, 3.63) is 24.3 Å². The first-order valence-corrected chi connectivity index (χ1v) is 6.22. The second-order valence-corrected chi connectivity index (χ2v) is 5.24. The molecule has 0 fully saturated rings. The molecule has 1 aromatic rings. The number of likely N-dealkylation sites (N-methyl/N-ethyl adjacent to an activating group) is 1. The molecular formula is C14H23N3O. The van der Waals surface area contributed by atoms with Crippen LogP contribution < -0.4 is 16.0 Å². The van der Waals surface area contributed by atoms with Gasteiger partial charge in [-0.2, -0.15) is 0 Å². The zero-order chi connectivity index (χ0) is 13.8. The molecule has 0 unspecified atom stereocenters. The summed E-state index contributed by atoms with van der Waals surface area (Å²) in [6.07, 6.45) is 0.904. The number of nitrogens with one attached hydrogen (secondary N) is 1. The quantitative estimate of drug-likeness (QED) is 0.785. The lowest BCUT2D eigenvalue weighted by Gasteiger charge is -2.27. The van der Waals surface area contributed by atoms with Gasteiger partial charge >= 0.3 is 0 Å². The monoisotopic (exact) mass is 249 g/mol. The van der Waals surface area contributed by atoms with E-state index in [1.807, 2.05) is 50.1 Å². The van der Waals surface area contributed by atoms with E-state index >= 15 is 0 Å². The summed E-state index contributed by atoms with van der Waals surface area (Å²) in [5, 5.41) is 3.01. The molecule has 0 spiro atoms. The Bertz CT molecular complexity index is 415. The Morgan fingerprint density at radius 2 is 2.11 bits per heavy atom. The van der Waals surface area contributed by atoms with Crippen LogP contribution in [-0.4, -0.2) is 25.0 Å². The van der Waals surface area contributed by atoms with Gasteiger partial charge in [0.2, 0.25) is 5.91 Å². The summed E-state index contributed by atoms with van der Waals surface area (Å²) in [4.78, 5) is 13.8. The molecule has 0 aliphatic heterocycles. The highest BCUT2D eigenvalue weighted by atomic mass is 16.2. The lowest BCUT2D eigenvalue weighted by molar-refractivity contribution is -0.121. The van der Waals surface area contributed by atoms with Crippen molar-refractivity contribution in [1.82, 2.24) is 5.32 Å². The zero-order valence-corrected chi connectivity index (χ0v) is 11.7. The summed E-state index contributed by atoms with van der Waals surface area (Å²) in [6, 6.07) is 7.51. The molecule has 0 aromatic heterocycles.